The fourth-order valence-corrected chi connectivity index (χ4v) is 3.89. The summed E-state index contributed by atoms with van der Waals surface area (Å²) in [7, 11) is 0. The quantitative estimate of drug-likeness (QED) is 0.385. The van der Waals surface area contributed by atoms with Gasteiger partial charge in [-0.25, -0.2) is 9.98 Å². The molecule has 4 aromatic rings. The minimum Gasteiger partial charge on any atom is -0.300 e. The second-order valence-corrected chi connectivity index (χ2v) is 7.48. The highest BCUT2D eigenvalue weighted by Crippen LogP contribution is 2.37. The minimum absolute atomic E-state index is 0.104. The molecule has 1 atom stereocenters. The number of para-hydroxylation sites is 2. The van der Waals surface area contributed by atoms with E-state index in [9.17, 15) is 0 Å². The second-order valence-electron chi connectivity index (χ2n) is 6.61. The molecular weight excluding hydrogens is 377 g/mol. The monoisotopic (exact) mass is 391 g/mol. The van der Waals surface area contributed by atoms with Crippen LogP contribution in [-0.2, 0) is 0 Å². The molecular formula is C22H15Cl2N3. The summed E-state index contributed by atoms with van der Waals surface area (Å²) >= 11 is 12.2. The number of rotatable bonds is 2. The zero-order chi connectivity index (χ0) is 18.4. The molecule has 132 valence electrons. The molecule has 1 unspecified atom stereocenters. The van der Waals surface area contributed by atoms with Gasteiger partial charge in [0, 0.05) is 16.5 Å². The van der Waals surface area contributed by atoms with Crippen molar-refractivity contribution in [2.75, 3.05) is 0 Å². The molecule has 5 rings (SSSR count). The van der Waals surface area contributed by atoms with E-state index in [-0.39, 0.29) is 6.04 Å². The lowest BCUT2D eigenvalue weighted by Gasteiger charge is -2.26. The van der Waals surface area contributed by atoms with E-state index in [1.54, 1.807) is 0 Å². The zero-order valence-corrected chi connectivity index (χ0v) is 15.8. The van der Waals surface area contributed by atoms with Gasteiger partial charge < -0.3 is 4.57 Å². The minimum atomic E-state index is 0.104. The van der Waals surface area contributed by atoms with Crippen LogP contribution in [0.15, 0.2) is 77.8 Å². The number of imidazole rings is 1. The number of hydrogen-bond acceptors (Lipinski definition) is 2. The van der Waals surface area contributed by atoms with Crippen molar-refractivity contribution >= 4 is 45.9 Å². The van der Waals surface area contributed by atoms with Crippen LogP contribution in [0.1, 0.15) is 23.6 Å². The molecule has 0 spiro atoms. The first-order valence-corrected chi connectivity index (χ1v) is 9.50. The number of hydrogen-bond donors (Lipinski definition) is 0. The molecule has 3 nitrogen and oxygen atoms in total. The normalized spacial score (nSPS) is 16.2. The third kappa shape index (κ3) is 2.93. The number of nitrogens with zero attached hydrogens (tertiary/aromatic N) is 3. The van der Waals surface area contributed by atoms with Crippen LogP contribution in [0.2, 0.25) is 10.0 Å². The molecule has 0 N–H and O–H groups in total. The highest BCUT2D eigenvalue weighted by Gasteiger charge is 2.27. The Labute approximate surface area is 166 Å². The molecule has 27 heavy (non-hydrogen) atoms. The van der Waals surface area contributed by atoms with E-state index in [0.29, 0.717) is 0 Å². The maximum Gasteiger partial charge on any atom is 0.231 e. The van der Waals surface area contributed by atoms with Crippen molar-refractivity contribution in [3.05, 3.63) is 94.0 Å². The highest BCUT2D eigenvalue weighted by atomic mass is 35.5. The Morgan fingerprint density at radius 2 is 1.48 bits per heavy atom. The maximum absolute atomic E-state index is 6.11. The Kier molecular flexibility index (Phi) is 4.00. The number of aliphatic imine (C=N–C) groups is 1. The molecule has 0 fully saturated rings. The van der Waals surface area contributed by atoms with E-state index >= 15 is 0 Å². The van der Waals surface area contributed by atoms with E-state index in [1.165, 1.54) is 5.56 Å². The summed E-state index contributed by atoms with van der Waals surface area (Å²) in [4.78, 5) is 9.64. The Balaban J connectivity index is 1.71. The van der Waals surface area contributed by atoms with Crippen molar-refractivity contribution in [3.8, 4) is 0 Å². The second kappa shape index (κ2) is 6.52. The number of fused-ring (bicyclic) bond motifs is 3. The molecule has 0 saturated heterocycles. The van der Waals surface area contributed by atoms with Crippen LogP contribution >= 0.6 is 23.2 Å². The van der Waals surface area contributed by atoms with Gasteiger partial charge in [0.25, 0.3) is 0 Å². The number of benzene rings is 3. The van der Waals surface area contributed by atoms with Crippen LogP contribution in [0.5, 0.6) is 0 Å². The van der Waals surface area contributed by atoms with Crippen molar-refractivity contribution in [2.45, 2.75) is 12.5 Å². The molecule has 3 aromatic carbocycles. The molecule has 0 radical (unpaired) electrons. The van der Waals surface area contributed by atoms with Crippen molar-refractivity contribution in [2.24, 2.45) is 4.99 Å². The lowest BCUT2D eigenvalue weighted by Crippen LogP contribution is -2.20. The highest BCUT2D eigenvalue weighted by molar-refractivity contribution is 6.31. The van der Waals surface area contributed by atoms with Crippen LogP contribution in [0.3, 0.4) is 0 Å². The molecule has 5 heteroatoms. The van der Waals surface area contributed by atoms with Gasteiger partial charge >= 0.3 is 0 Å². The Bertz CT molecular complexity index is 1160. The Hall–Kier alpha value is -2.62. The van der Waals surface area contributed by atoms with Crippen LogP contribution in [0.4, 0.5) is 5.95 Å². The average molecular weight is 392 g/mol. The molecule has 0 amide bonds. The molecule has 0 saturated carbocycles. The van der Waals surface area contributed by atoms with Crippen LogP contribution in [-0.4, -0.2) is 15.3 Å². The van der Waals surface area contributed by atoms with E-state index in [4.69, 9.17) is 33.2 Å². The van der Waals surface area contributed by atoms with Gasteiger partial charge in [-0.3, -0.25) is 0 Å². The summed E-state index contributed by atoms with van der Waals surface area (Å²) in [5.41, 5.74) is 5.30. The lowest BCUT2D eigenvalue weighted by molar-refractivity contribution is 0.612. The van der Waals surface area contributed by atoms with Gasteiger partial charge in [-0.05, 0) is 47.5 Å². The fraction of sp³-hybridized carbons (Fsp3) is 0.0909. The summed E-state index contributed by atoms with van der Waals surface area (Å²) in [6, 6.07) is 24.1. The molecule has 1 aliphatic rings. The maximum atomic E-state index is 6.11. The van der Waals surface area contributed by atoms with Gasteiger partial charge in [-0.2, -0.15) is 0 Å². The summed E-state index contributed by atoms with van der Waals surface area (Å²) in [6.45, 7) is 0. The predicted octanol–water partition coefficient (Wildman–Crippen LogP) is 6.46. The van der Waals surface area contributed by atoms with Gasteiger partial charge in [0.15, 0.2) is 0 Å². The Morgan fingerprint density at radius 1 is 0.815 bits per heavy atom. The van der Waals surface area contributed by atoms with Gasteiger partial charge in [0.1, 0.15) is 0 Å². The summed E-state index contributed by atoms with van der Waals surface area (Å²) in [6.07, 6.45) is 0.774. The molecule has 2 heterocycles. The third-order valence-corrected chi connectivity index (χ3v) is 5.45. The topological polar surface area (TPSA) is 30.2 Å². The van der Waals surface area contributed by atoms with Crippen LogP contribution in [0.25, 0.3) is 11.0 Å². The van der Waals surface area contributed by atoms with Gasteiger partial charge in [-0.1, -0.05) is 59.6 Å². The number of halogens is 2. The van der Waals surface area contributed by atoms with Crippen molar-refractivity contribution in [1.29, 1.82) is 0 Å². The smallest absolute Gasteiger partial charge is 0.231 e. The molecule has 1 aromatic heterocycles. The van der Waals surface area contributed by atoms with Crippen molar-refractivity contribution in [3.63, 3.8) is 0 Å². The first-order chi connectivity index (χ1) is 13.2. The summed E-state index contributed by atoms with van der Waals surface area (Å²) in [5.74, 6) is 0.729. The lowest BCUT2D eigenvalue weighted by atomic mass is 9.95. The molecule has 1 aliphatic heterocycles. The summed E-state index contributed by atoms with van der Waals surface area (Å²) < 4.78 is 2.22. The van der Waals surface area contributed by atoms with Crippen molar-refractivity contribution in [1.82, 2.24) is 9.55 Å². The Morgan fingerprint density at radius 3 is 2.22 bits per heavy atom. The van der Waals surface area contributed by atoms with Gasteiger partial charge in [0.2, 0.25) is 5.95 Å². The van der Waals surface area contributed by atoms with Crippen LogP contribution < -0.4 is 0 Å². The third-order valence-electron chi connectivity index (χ3n) is 4.94. The van der Waals surface area contributed by atoms with Crippen molar-refractivity contribution < 1.29 is 0 Å². The largest absolute Gasteiger partial charge is 0.300 e. The van der Waals surface area contributed by atoms with E-state index in [2.05, 4.69) is 22.8 Å². The first kappa shape index (κ1) is 16.5. The van der Waals surface area contributed by atoms with E-state index in [0.717, 1.165) is 44.7 Å². The average Bonchev–Trinajstić information content (AvgIpc) is 3.07. The first-order valence-electron chi connectivity index (χ1n) is 8.75. The summed E-state index contributed by atoms with van der Waals surface area (Å²) in [5, 5.41) is 1.45. The van der Waals surface area contributed by atoms with Crippen LogP contribution in [0, 0.1) is 0 Å². The molecule has 0 aliphatic carbocycles. The molecule has 0 bridgehead atoms. The fourth-order valence-electron chi connectivity index (χ4n) is 3.64. The zero-order valence-electron chi connectivity index (χ0n) is 14.3. The SMILES string of the molecule is Clc1ccc(C2=Nc3nc4ccccc4n3C(c3ccc(Cl)cc3)C2)cc1. The standard InChI is InChI=1S/C22H15Cl2N3/c23-16-9-5-14(6-10-16)19-13-21(15-7-11-17(24)12-8-15)27-20-4-2-1-3-18(20)25-22(27)26-19/h1-12,21H,13H2. The van der Waals surface area contributed by atoms with E-state index < -0.39 is 0 Å². The predicted molar refractivity (Wildman–Crippen MR) is 112 cm³/mol. The number of aromatic nitrogens is 2. The van der Waals surface area contributed by atoms with Gasteiger partial charge in [0.05, 0.1) is 22.8 Å². The van der Waals surface area contributed by atoms with Gasteiger partial charge in [-0.15, -0.1) is 0 Å². The van der Waals surface area contributed by atoms with E-state index in [1.807, 2.05) is 54.6 Å².